The average Bonchev–Trinajstić information content (AvgIpc) is 3.49. The summed E-state index contributed by atoms with van der Waals surface area (Å²) in [5.41, 5.74) is 6.51. The molecule has 5 rings (SSSR count). The van der Waals surface area contributed by atoms with E-state index >= 15 is 0 Å². The van der Waals surface area contributed by atoms with Gasteiger partial charge in [-0.15, -0.1) is 0 Å². The van der Waals surface area contributed by atoms with Crippen molar-refractivity contribution in [1.29, 1.82) is 0 Å². The SMILES string of the molecule is Cc1cccc(NC(=O)c2cc3cc(Cl)ccc3n2NC(=O)C(=O)NCc2ccc3c(c2)OCO3)c1C. The molecule has 0 saturated heterocycles. The monoisotopic (exact) mass is 518 g/mol. The zero-order valence-electron chi connectivity index (χ0n) is 20.1. The van der Waals surface area contributed by atoms with Crippen molar-refractivity contribution < 1.29 is 23.9 Å². The van der Waals surface area contributed by atoms with Gasteiger partial charge in [0, 0.05) is 22.6 Å². The molecular formula is C27H23ClN4O5. The third kappa shape index (κ3) is 4.94. The Balaban J connectivity index is 1.36. The van der Waals surface area contributed by atoms with Crippen LogP contribution in [0.2, 0.25) is 5.02 Å². The first kappa shape index (κ1) is 24.2. The zero-order chi connectivity index (χ0) is 26.1. The minimum absolute atomic E-state index is 0.102. The van der Waals surface area contributed by atoms with Crippen LogP contribution in [-0.4, -0.2) is 29.2 Å². The summed E-state index contributed by atoms with van der Waals surface area (Å²) >= 11 is 6.14. The number of aromatic nitrogens is 1. The van der Waals surface area contributed by atoms with Gasteiger partial charge in [0.1, 0.15) is 5.69 Å². The van der Waals surface area contributed by atoms with E-state index in [1.165, 1.54) is 4.68 Å². The maximum atomic E-state index is 13.3. The Hall–Kier alpha value is -4.50. The topological polar surface area (TPSA) is 111 Å². The van der Waals surface area contributed by atoms with Gasteiger partial charge in [-0.3, -0.25) is 19.8 Å². The molecule has 9 nitrogen and oxygen atoms in total. The number of anilines is 1. The summed E-state index contributed by atoms with van der Waals surface area (Å²) in [6, 6.07) is 17.4. The molecule has 0 fully saturated rings. The standard InChI is InChI=1S/C27H23ClN4O5/c1-15-4-3-5-20(16(15)2)30-25(33)22-12-18-11-19(28)7-8-21(18)32(22)31-27(35)26(34)29-13-17-6-9-23-24(10-17)37-14-36-23/h3-12H,13-14H2,1-2H3,(H,29,34)(H,30,33)(H,31,35). The van der Waals surface area contributed by atoms with Crippen molar-refractivity contribution in [2.75, 3.05) is 17.5 Å². The Labute approximate surface area is 217 Å². The lowest BCUT2D eigenvalue weighted by atomic mass is 10.1. The van der Waals surface area contributed by atoms with Gasteiger partial charge in [0.25, 0.3) is 5.91 Å². The molecule has 3 N–H and O–H groups in total. The molecule has 3 aromatic carbocycles. The predicted octanol–water partition coefficient (Wildman–Crippen LogP) is 4.28. The summed E-state index contributed by atoms with van der Waals surface area (Å²) in [5, 5.41) is 6.56. The molecule has 3 amide bonds. The van der Waals surface area contributed by atoms with E-state index in [4.69, 9.17) is 21.1 Å². The molecule has 2 heterocycles. The summed E-state index contributed by atoms with van der Waals surface area (Å²) < 4.78 is 11.9. The number of carbonyl (C=O) groups is 3. The van der Waals surface area contributed by atoms with Gasteiger partial charge in [0.15, 0.2) is 11.5 Å². The zero-order valence-corrected chi connectivity index (χ0v) is 20.8. The number of hydrogen-bond acceptors (Lipinski definition) is 5. The number of nitrogens with one attached hydrogen (secondary N) is 3. The highest BCUT2D eigenvalue weighted by atomic mass is 35.5. The lowest BCUT2D eigenvalue weighted by Crippen LogP contribution is -2.39. The van der Waals surface area contributed by atoms with Gasteiger partial charge in [-0.1, -0.05) is 29.8 Å². The highest BCUT2D eigenvalue weighted by Gasteiger charge is 2.22. The Morgan fingerprint density at radius 1 is 0.946 bits per heavy atom. The Kier molecular flexibility index (Phi) is 6.45. The van der Waals surface area contributed by atoms with Gasteiger partial charge in [-0.25, -0.2) is 4.68 Å². The molecule has 0 saturated carbocycles. The third-order valence-electron chi connectivity index (χ3n) is 6.16. The number of aryl methyl sites for hydroxylation is 1. The second-order valence-corrected chi connectivity index (χ2v) is 9.02. The van der Waals surface area contributed by atoms with Crippen LogP contribution in [0.5, 0.6) is 11.5 Å². The third-order valence-corrected chi connectivity index (χ3v) is 6.39. The quantitative estimate of drug-likeness (QED) is 0.342. The number of carbonyl (C=O) groups excluding carboxylic acids is 3. The fourth-order valence-electron chi connectivity index (χ4n) is 4.01. The summed E-state index contributed by atoms with van der Waals surface area (Å²) in [6.45, 7) is 4.10. The van der Waals surface area contributed by atoms with E-state index in [2.05, 4.69) is 16.1 Å². The van der Waals surface area contributed by atoms with E-state index in [0.717, 1.165) is 16.7 Å². The van der Waals surface area contributed by atoms with Crippen molar-refractivity contribution in [3.63, 3.8) is 0 Å². The normalized spacial score (nSPS) is 11.9. The van der Waals surface area contributed by atoms with Gasteiger partial charge in [-0.2, -0.15) is 0 Å². The molecule has 0 spiro atoms. The first-order chi connectivity index (χ1) is 17.8. The molecule has 4 aromatic rings. The molecule has 0 radical (unpaired) electrons. The first-order valence-electron chi connectivity index (χ1n) is 11.5. The van der Waals surface area contributed by atoms with Crippen molar-refractivity contribution in [3.05, 3.63) is 88.1 Å². The Bertz CT molecular complexity index is 1560. The lowest BCUT2D eigenvalue weighted by molar-refractivity contribution is -0.136. The van der Waals surface area contributed by atoms with Crippen LogP contribution in [0.3, 0.4) is 0 Å². The lowest BCUT2D eigenvalue weighted by Gasteiger charge is -2.14. The van der Waals surface area contributed by atoms with Crippen LogP contribution in [0.25, 0.3) is 10.9 Å². The number of nitrogens with zero attached hydrogens (tertiary/aromatic N) is 1. The van der Waals surface area contributed by atoms with Gasteiger partial charge in [0.05, 0.1) is 5.52 Å². The number of halogens is 1. The fourth-order valence-corrected chi connectivity index (χ4v) is 4.19. The van der Waals surface area contributed by atoms with Gasteiger partial charge < -0.3 is 20.1 Å². The minimum Gasteiger partial charge on any atom is -0.454 e. The van der Waals surface area contributed by atoms with Crippen LogP contribution in [0, 0.1) is 13.8 Å². The van der Waals surface area contributed by atoms with E-state index in [-0.39, 0.29) is 19.0 Å². The number of ether oxygens (including phenoxy) is 2. The van der Waals surface area contributed by atoms with Crippen LogP contribution >= 0.6 is 11.6 Å². The fraction of sp³-hybridized carbons (Fsp3) is 0.148. The number of fused-ring (bicyclic) bond motifs is 2. The van der Waals surface area contributed by atoms with Gasteiger partial charge in [-0.05, 0) is 73.0 Å². The van der Waals surface area contributed by atoms with E-state index in [1.54, 1.807) is 48.5 Å². The molecule has 10 heteroatoms. The van der Waals surface area contributed by atoms with Crippen molar-refractivity contribution in [2.24, 2.45) is 0 Å². The van der Waals surface area contributed by atoms with E-state index in [9.17, 15) is 14.4 Å². The molecule has 0 unspecified atom stereocenters. The number of amides is 3. The van der Waals surface area contributed by atoms with Gasteiger partial charge >= 0.3 is 11.8 Å². The van der Waals surface area contributed by atoms with Crippen molar-refractivity contribution in [2.45, 2.75) is 20.4 Å². The summed E-state index contributed by atoms with van der Waals surface area (Å²) in [5.74, 6) is -1.06. The highest BCUT2D eigenvalue weighted by Crippen LogP contribution is 2.32. The second kappa shape index (κ2) is 9.87. The Morgan fingerprint density at radius 2 is 1.76 bits per heavy atom. The minimum atomic E-state index is -0.936. The second-order valence-electron chi connectivity index (χ2n) is 8.58. The van der Waals surface area contributed by atoms with Crippen molar-refractivity contribution >= 4 is 45.9 Å². The molecule has 1 aliphatic heterocycles. The van der Waals surface area contributed by atoms with Crippen molar-refractivity contribution in [3.8, 4) is 11.5 Å². The highest BCUT2D eigenvalue weighted by molar-refractivity contribution is 6.38. The maximum absolute atomic E-state index is 13.3. The number of hydrogen-bond donors (Lipinski definition) is 3. The Morgan fingerprint density at radius 3 is 2.59 bits per heavy atom. The molecule has 0 atom stereocenters. The molecule has 188 valence electrons. The smallest absolute Gasteiger partial charge is 0.328 e. The molecule has 0 aliphatic carbocycles. The van der Waals surface area contributed by atoms with Crippen LogP contribution in [0.15, 0.2) is 60.7 Å². The molecule has 37 heavy (non-hydrogen) atoms. The number of benzene rings is 3. The summed E-state index contributed by atoms with van der Waals surface area (Å²) in [6.07, 6.45) is 0. The first-order valence-corrected chi connectivity index (χ1v) is 11.8. The molecular weight excluding hydrogens is 496 g/mol. The van der Waals surface area contributed by atoms with Crippen LogP contribution < -0.4 is 25.5 Å². The van der Waals surface area contributed by atoms with E-state index in [1.807, 2.05) is 26.0 Å². The average molecular weight is 519 g/mol. The van der Waals surface area contributed by atoms with Crippen LogP contribution in [0.1, 0.15) is 27.2 Å². The van der Waals surface area contributed by atoms with Crippen LogP contribution in [0.4, 0.5) is 5.69 Å². The summed E-state index contributed by atoms with van der Waals surface area (Å²) in [7, 11) is 0. The largest absolute Gasteiger partial charge is 0.454 e. The summed E-state index contributed by atoms with van der Waals surface area (Å²) in [4.78, 5) is 38.7. The molecule has 1 aromatic heterocycles. The van der Waals surface area contributed by atoms with E-state index in [0.29, 0.717) is 33.1 Å². The number of rotatable bonds is 5. The van der Waals surface area contributed by atoms with Gasteiger partial charge in [0.2, 0.25) is 6.79 Å². The predicted molar refractivity (Wildman–Crippen MR) is 140 cm³/mol. The van der Waals surface area contributed by atoms with Crippen LogP contribution in [-0.2, 0) is 16.1 Å². The molecule has 1 aliphatic rings. The van der Waals surface area contributed by atoms with E-state index < -0.39 is 17.7 Å². The van der Waals surface area contributed by atoms with Crippen molar-refractivity contribution in [1.82, 2.24) is 9.99 Å². The molecule has 0 bridgehead atoms. The maximum Gasteiger partial charge on any atom is 0.328 e.